The minimum atomic E-state index is -0.115. The van der Waals surface area contributed by atoms with E-state index in [2.05, 4.69) is 63.7 Å². The molecular weight excluding hydrogens is 314 g/mol. The third kappa shape index (κ3) is 2.22. The van der Waals surface area contributed by atoms with Gasteiger partial charge in [0.1, 0.15) is 5.75 Å². The highest BCUT2D eigenvalue weighted by atomic mass is 79.9. The van der Waals surface area contributed by atoms with Gasteiger partial charge in [-0.25, -0.2) is 0 Å². The van der Waals surface area contributed by atoms with Crippen LogP contribution in [0.25, 0.3) is 0 Å². The smallest absolute Gasteiger partial charge is 0.118 e. The van der Waals surface area contributed by atoms with Gasteiger partial charge in [-0.2, -0.15) is 0 Å². The highest BCUT2D eigenvalue weighted by Gasteiger charge is 2.34. The van der Waals surface area contributed by atoms with Crippen LogP contribution in [0.3, 0.4) is 0 Å². The fourth-order valence-electron chi connectivity index (χ4n) is 2.70. The van der Waals surface area contributed by atoms with E-state index < -0.39 is 0 Å². The van der Waals surface area contributed by atoms with Gasteiger partial charge in [-0.05, 0) is 41.6 Å². The summed E-state index contributed by atoms with van der Waals surface area (Å²) in [5.74, 6) is 0.882. The average molecular weight is 330 g/mol. The SMILES string of the molecule is COc1ccc(C2(c3cccc(Br)c3)C=CNC2)cc1. The van der Waals surface area contributed by atoms with Gasteiger partial charge in [0.15, 0.2) is 0 Å². The lowest BCUT2D eigenvalue weighted by Crippen LogP contribution is -2.30. The zero-order valence-electron chi connectivity index (χ0n) is 11.3. The van der Waals surface area contributed by atoms with Crippen molar-refractivity contribution in [3.63, 3.8) is 0 Å². The van der Waals surface area contributed by atoms with Crippen molar-refractivity contribution >= 4 is 15.9 Å². The summed E-state index contributed by atoms with van der Waals surface area (Å²) >= 11 is 3.56. The Kier molecular flexibility index (Phi) is 3.53. The fourth-order valence-corrected chi connectivity index (χ4v) is 3.10. The molecule has 0 radical (unpaired) electrons. The van der Waals surface area contributed by atoms with Gasteiger partial charge in [0, 0.05) is 11.0 Å². The molecule has 0 amide bonds. The van der Waals surface area contributed by atoms with E-state index in [-0.39, 0.29) is 5.41 Å². The molecule has 0 spiro atoms. The number of halogens is 1. The lowest BCUT2D eigenvalue weighted by molar-refractivity contribution is 0.414. The van der Waals surface area contributed by atoms with Crippen molar-refractivity contribution in [2.75, 3.05) is 13.7 Å². The van der Waals surface area contributed by atoms with E-state index in [1.54, 1.807) is 7.11 Å². The maximum atomic E-state index is 5.25. The van der Waals surface area contributed by atoms with Crippen molar-refractivity contribution in [2.24, 2.45) is 0 Å². The summed E-state index contributed by atoms with van der Waals surface area (Å²) in [4.78, 5) is 0. The van der Waals surface area contributed by atoms with Gasteiger partial charge in [-0.15, -0.1) is 0 Å². The first kappa shape index (κ1) is 13.3. The van der Waals surface area contributed by atoms with Crippen molar-refractivity contribution in [3.05, 3.63) is 76.4 Å². The van der Waals surface area contributed by atoms with Crippen LogP contribution in [0, 0.1) is 0 Å². The van der Waals surface area contributed by atoms with Crippen LogP contribution in [0.4, 0.5) is 0 Å². The Bertz CT molecular complexity index is 636. The van der Waals surface area contributed by atoms with Crippen molar-refractivity contribution in [1.29, 1.82) is 0 Å². The molecule has 2 aromatic rings. The second-order valence-corrected chi connectivity index (χ2v) is 5.84. The molecule has 3 rings (SSSR count). The largest absolute Gasteiger partial charge is 0.497 e. The third-order valence-electron chi connectivity index (χ3n) is 3.81. The maximum absolute atomic E-state index is 5.25. The van der Waals surface area contributed by atoms with Crippen molar-refractivity contribution in [3.8, 4) is 5.75 Å². The van der Waals surface area contributed by atoms with Crippen LogP contribution in [-0.2, 0) is 5.41 Å². The molecule has 2 nitrogen and oxygen atoms in total. The molecule has 0 saturated heterocycles. The second kappa shape index (κ2) is 5.33. The molecule has 2 aromatic carbocycles. The first-order valence-electron chi connectivity index (χ1n) is 6.56. The predicted octanol–water partition coefficient (Wildman–Crippen LogP) is 3.86. The molecule has 20 heavy (non-hydrogen) atoms. The highest BCUT2D eigenvalue weighted by molar-refractivity contribution is 9.10. The average Bonchev–Trinajstić information content (AvgIpc) is 2.98. The molecule has 3 heteroatoms. The first-order chi connectivity index (χ1) is 9.74. The van der Waals surface area contributed by atoms with Gasteiger partial charge >= 0.3 is 0 Å². The van der Waals surface area contributed by atoms with Crippen LogP contribution in [0.5, 0.6) is 5.75 Å². The minimum Gasteiger partial charge on any atom is -0.497 e. The van der Waals surface area contributed by atoms with Gasteiger partial charge in [0.2, 0.25) is 0 Å². The molecule has 0 aromatic heterocycles. The highest BCUT2D eigenvalue weighted by Crippen LogP contribution is 2.37. The number of hydrogen-bond donors (Lipinski definition) is 1. The fraction of sp³-hybridized carbons (Fsp3) is 0.176. The van der Waals surface area contributed by atoms with E-state index >= 15 is 0 Å². The summed E-state index contributed by atoms with van der Waals surface area (Å²) in [5.41, 5.74) is 2.42. The summed E-state index contributed by atoms with van der Waals surface area (Å²) in [6, 6.07) is 16.8. The first-order valence-corrected chi connectivity index (χ1v) is 7.35. The molecule has 0 fully saturated rings. The van der Waals surface area contributed by atoms with Crippen LogP contribution in [-0.4, -0.2) is 13.7 Å². The van der Waals surface area contributed by atoms with Gasteiger partial charge in [0.25, 0.3) is 0 Å². The topological polar surface area (TPSA) is 21.3 Å². The normalized spacial score (nSPS) is 20.7. The summed E-state index contributed by atoms with van der Waals surface area (Å²) in [6.45, 7) is 0.871. The summed E-state index contributed by atoms with van der Waals surface area (Å²) in [6.07, 6.45) is 4.27. The van der Waals surface area contributed by atoms with Gasteiger partial charge in [-0.1, -0.05) is 46.3 Å². The molecular formula is C17H16BrNO. The summed E-state index contributed by atoms with van der Waals surface area (Å²) in [7, 11) is 1.69. The van der Waals surface area contributed by atoms with Crippen molar-refractivity contribution in [2.45, 2.75) is 5.41 Å². The van der Waals surface area contributed by atoms with Gasteiger partial charge < -0.3 is 10.1 Å². The molecule has 102 valence electrons. The Morgan fingerprint density at radius 1 is 1.10 bits per heavy atom. The molecule has 0 aliphatic carbocycles. The van der Waals surface area contributed by atoms with E-state index in [1.807, 2.05) is 18.3 Å². The number of methoxy groups -OCH3 is 1. The standard InChI is InChI=1S/C17H16BrNO/c1-20-16-7-5-13(6-8-16)17(9-10-19-12-17)14-3-2-4-15(18)11-14/h2-11,19H,12H2,1H3. The molecule has 0 bridgehead atoms. The minimum absolute atomic E-state index is 0.115. The molecule has 1 heterocycles. The van der Waals surface area contributed by atoms with E-state index in [0.717, 1.165) is 16.8 Å². The molecule has 1 unspecified atom stereocenters. The lowest BCUT2D eigenvalue weighted by Gasteiger charge is -2.28. The van der Waals surface area contributed by atoms with Crippen LogP contribution < -0.4 is 10.1 Å². The molecule has 1 aliphatic rings. The molecule has 0 saturated carbocycles. The molecule has 1 N–H and O–H groups in total. The number of benzene rings is 2. The van der Waals surface area contributed by atoms with Crippen LogP contribution in [0.2, 0.25) is 0 Å². The van der Waals surface area contributed by atoms with Crippen molar-refractivity contribution < 1.29 is 4.74 Å². The van der Waals surface area contributed by atoms with Crippen molar-refractivity contribution in [1.82, 2.24) is 5.32 Å². The Hall–Kier alpha value is -1.74. The monoisotopic (exact) mass is 329 g/mol. The Morgan fingerprint density at radius 3 is 2.50 bits per heavy atom. The third-order valence-corrected chi connectivity index (χ3v) is 4.30. The molecule has 1 atom stereocenters. The summed E-state index contributed by atoms with van der Waals surface area (Å²) in [5, 5.41) is 3.33. The summed E-state index contributed by atoms with van der Waals surface area (Å²) < 4.78 is 6.35. The van der Waals surface area contributed by atoms with E-state index in [1.165, 1.54) is 11.1 Å². The van der Waals surface area contributed by atoms with E-state index in [9.17, 15) is 0 Å². The Labute approximate surface area is 127 Å². The van der Waals surface area contributed by atoms with Crippen LogP contribution >= 0.6 is 15.9 Å². The number of rotatable bonds is 3. The van der Waals surface area contributed by atoms with Gasteiger partial charge in [0.05, 0.1) is 12.5 Å². The van der Waals surface area contributed by atoms with Crippen LogP contribution in [0.1, 0.15) is 11.1 Å². The second-order valence-electron chi connectivity index (χ2n) is 4.92. The number of hydrogen-bond acceptors (Lipinski definition) is 2. The van der Waals surface area contributed by atoms with E-state index in [0.29, 0.717) is 0 Å². The van der Waals surface area contributed by atoms with E-state index in [4.69, 9.17) is 4.74 Å². The Morgan fingerprint density at radius 2 is 1.90 bits per heavy atom. The zero-order chi connectivity index (χ0) is 14.0. The lowest BCUT2D eigenvalue weighted by atomic mass is 9.75. The zero-order valence-corrected chi connectivity index (χ0v) is 12.9. The van der Waals surface area contributed by atoms with Crippen LogP contribution in [0.15, 0.2) is 65.3 Å². The van der Waals surface area contributed by atoms with Gasteiger partial charge in [-0.3, -0.25) is 0 Å². The number of nitrogens with one attached hydrogen (secondary N) is 1. The quantitative estimate of drug-likeness (QED) is 0.923. The maximum Gasteiger partial charge on any atom is 0.118 e. The number of ether oxygens (including phenoxy) is 1. The predicted molar refractivity (Wildman–Crippen MR) is 85.1 cm³/mol. The molecule has 1 aliphatic heterocycles. The Balaban J connectivity index is 2.10.